The lowest BCUT2D eigenvalue weighted by Gasteiger charge is -2.19. The van der Waals surface area contributed by atoms with Crippen LogP contribution in [0, 0.1) is 6.07 Å². The van der Waals surface area contributed by atoms with Gasteiger partial charge in [-0.25, -0.2) is 0 Å². The first-order valence-corrected chi connectivity index (χ1v) is 5.89. The standard InChI is InChI=1S/C16H18N/c1-16(2,3)13-9-11-15(12-10-13)17-14-7-5-4-6-8-14/h5-12,17H,1-3H3. The molecule has 87 valence electrons. The van der Waals surface area contributed by atoms with E-state index < -0.39 is 0 Å². The average Bonchev–Trinajstić information content (AvgIpc) is 2.30. The van der Waals surface area contributed by atoms with Gasteiger partial charge in [-0.3, -0.25) is 0 Å². The largest absolute Gasteiger partial charge is 0.356 e. The fraction of sp³-hybridized carbons (Fsp3) is 0.250. The normalized spacial score (nSPS) is 11.2. The summed E-state index contributed by atoms with van der Waals surface area (Å²) in [5.74, 6) is 0. The summed E-state index contributed by atoms with van der Waals surface area (Å²) < 4.78 is 0. The Balaban J connectivity index is 2.14. The van der Waals surface area contributed by atoms with Crippen molar-refractivity contribution in [1.82, 2.24) is 0 Å². The summed E-state index contributed by atoms with van der Waals surface area (Å²) >= 11 is 0. The molecule has 1 nitrogen and oxygen atoms in total. The van der Waals surface area contributed by atoms with Crippen LogP contribution in [0.25, 0.3) is 0 Å². The molecule has 2 rings (SSSR count). The number of hydrogen-bond donors (Lipinski definition) is 1. The maximum atomic E-state index is 3.36. The van der Waals surface area contributed by atoms with Crippen LogP contribution >= 0.6 is 0 Å². The van der Waals surface area contributed by atoms with Crippen LogP contribution in [0.4, 0.5) is 11.4 Å². The third-order valence-corrected chi connectivity index (χ3v) is 2.76. The van der Waals surface area contributed by atoms with Crippen LogP contribution in [0.15, 0.2) is 48.5 Å². The van der Waals surface area contributed by atoms with Gasteiger partial charge in [-0.1, -0.05) is 45.0 Å². The molecule has 17 heavy (non-hydrogen) atoms. The highest BCUT2D eigenvalue weighted by Crippen LogP contribution is 2.24. The molecule has 0 heterocycles. The van der Waals surface area contributed by atoms with E-state index in [1.54, 1.807) is 0 Å². The summed E-state index contributed by atoms with van der Waals surface area (Å²) in [4.78, 5) is 0. The Bertz CT molecular complexity index is 463. The van der Waals surface area contributed by atoms with E-state index in [-0.39, 0.29) is 5.41 Å². The van der Waals surface area contributed by atoms with E-state index in [4.69, 9.17) is 0 Å². The zero-order valence-corrected chi connectivity index (χ0v) is 10.6. The van der Waals surface area contributed by atoms with E-state index in [2.05, 4.69) is 56.4 Å². The molecule has 0 aromatic heterocycles. The Hall–Kier alpha value is -1.76. The monoisotopic (exact) mass is 224 g/mol. The molecule has 2 aromatic rings. The summed E-state index contributed by atoms with van der Waals surface area (Å²) in [5.41, 5.74) is 3.76. The van der Waals surface area contributed by atoms with Gasteiger partial charge in [-0.2, -0.15) is 0 Å². The molecular formula is C16H18N. The van der Waals surface area contributed by atoms with Gasteiger partial charge in [-0.05, 0) is 41.3 Å². The lowest BCUT2D eigenvalue weighted by molar-refractivity contribution is 0.590. The van der Waals surface area contributed by atoms with Crippen molar-refractivity contribution >= 4 is 11.4 Å². The number of rotatable bonds is 2. The Morgan fingerprint density at radius 1 is 0.824 bits per heavy atom. The molecule has 1 radical (unpaired) electrons. The van der Waals surface area contributed by atoms with Gasteiger partial charge in [0.1, 0.15) is 0 Å². The second-order valence-corrected chi connectivity index (χ2v) is 5.24. The van der Waals surface area contributed by atoms with E-state index in [0.29, 0.717) is 0 Å². The smallest absolute Gasteiger partial charge is 0.0384 e. The van der Waals surface area contributed by atoms with Crippen LogP contribution in [0.5, 0.6) is 0 Å². The predicted octanol–water partition coefficient (Wildman–Crippen LogP) is 4.53. The third kappa shape index (κ3) is 3.10. The van der Waals surface area contributed by atoms with Crippen molar-refractivity contribution in [3.8, 4) is 0 Å². The first-order chi connectivity index (χ1) is 8.05. The molecule has 0 bridgehead atoms. The molecule has 0 aliphatic carbocycles. The second-order valence-electron chi connectivity index (χ2n) is 5.24. The van der Waals surface area contributed by atoms with Crippen molar-refractivity contribution < 1.29 is 0 Å². The first kappa shape index (κ1) is 11.7. The molecule has 0 fully saturated rings. The summed E-state index contributed by atoms with van der Waals surface area (Å²) in [5, 5.41) is 3.36. The Kier molecular flexibility index (Phi) is 3.19. The quantitative estimate of drug-likeness (QED) is 0.790. The van der Waals surface area contributed by atoms with Gasteiger partial charge in [0.15, 0.2) is 0 Å². The molecule has 0 atom stereocenters. The number of nitrogens with one attached hydrogen (secondary N) is 1. The molecule has 0 aliphatic heterocycles. The number of hydrogen-bond acceptors (Lipinski definition) is 1. The SMILES string of the molecule is CC(C)(C)c1ccc(Nc2cc[c]cc2)cc1. The topological polar surface area (TPSA) is 12.0 Å². The van der Waals surface area contributed by atoms with Gasteiger partial charge in [0.05, 0.1) is 0 Å². The molecule has 0 spiro atoms. The highest BCUT2D eigenvalue weighted by atomic mass is 14.9. The van der Waals surface area contributed by atoms with Crippen LogP contribution in [0.3, 0.4) is 0 Å². The predicted molar refractivity (Wildman–Crippen MR) is 73.7 cm³/mol. The van der Waals surface area contributed by atoms with Crippen LogP contribution in [-0.2, 0) is 5.41 Å². The van der Waals surface area contributed by atoms with E-state index in [1.807, 2.05) is 24.3 Å². The second kappa shape index (κ2) is 4.62. The summed E-state index contributed by atoms with van der Waals surface area (Å²) in [6.45, 7) is 6.67. The van der Waals surface area contributed by atoms with Crippen molar-refractivity contribution in [2.45, 2.75) is 26.2 Å². The summed E-state index contributed by atoms with van der Waals surface area (Å²) in [6, 6.07) is 19.4. The minimum Gasteiger partial charge on any atom is -0.356 e. The maximum Gasteiger partial charge on any atom is 0.0384 e. The summed E-state index contributed by atoms with van der Waals surface area (Å²) in [7, 11) is 0. The molecule has 2 aromatic carbocycles. The van der Waals surface area contributed by atoms with Crippen LogP contribution < -0.4 is 5.32 Å². The van der Waals surface area contributed by atoms with Crippen molar-refractivity contribution in [1.29, 1.82) is 0 Å². The molecule has 0 unspecified atom stereocenters. The van der Waals surface area contributed by atoms with E-state index in [1.165, 1.54) is 5.56 Å². The van der Waals surface area contributed by atoms with E-state index in [0.717, 1.165) is 11.4 Å². The Labute approximate surface area is 103 Å². The number of benzene rings is 2. The molecule has 1 heteroatoms. The molecular weight excluding hydrogens is 206 g/mol. The maximum absolute atomic E-state index is 3.36. The lowest BCUT2D eigenvalue weighted by Crippen LogP contribution is -2.10. The van der Waals surface area contributed by atoms with Crippen molar-refractivity contribution in [2.24, 2.45) is 0 Å². The average molecular weight is 224 g/mol. The Morgan fingerprint density at radius 2 is 1.35 bits per heavy atom. The van der Waals surface area contributed by atoms with Crippen LogP contribution in [0.1, 0.15) is 26.3 Å². The molecule has 0 amide bonds. The minimum atomic E-state index is 0.209. The minimum absolute atomic E-state index is 0.209. The molecule has 0 aliphatic rings. The van der Waals surface area contributed by atoms with Gasteiger partial charge >= 0.3 is 0 Å². The van der Waals surface area contributed by atoms with E-state index in [9.17, 15) is 0 Å². The van der Waals surface area contributed by atoms with E-state index >= 15 is 0 Å². The van der Waals surface area contributed by atoms with Gasteiger partial charge < -0.3 is 5.32 Å². The molecule has 0 saturated heterocycles. The lowest BCUT2D eigenvalue weighted by atomic mass is 9.87. The van der Waals surface area contributed by atoms with Gasteiger partial charge in [0, 0.05) is 11.4 Å². The highest BCUT2D eigenvalue weighted by Gasteiger charge is 2.12. The number of anilines is 2. The fourth-order valence-electron chi connectivity index (χ4n) is 1.69. The van der Waals surface area contributed by atoms with Crippen LogP contribution in [0.2, 0.25) is 0 Å². The fourth-order valence-corrected chi connectivity index (χ4v) is 1.69. The third-order valence-electron chi connectivity index (χ3n) is 2.76. The highest BCUT2D eigenvalue weighted by molar-refractivity contribution is 5.59. The van der Waals surface area contributed by atoms with Crippen LogP contribution in [-0.4, -0.2) is 0 Å². The molecule has 1 N–H and O–H groups in total. The van der Waals surface area contributed by atoms with Gasteiger partial charge in [0.25, 0.3) is 0 Å². The van der Waals surface area contributed by atoms with Crippen molar-refractivity contribution in [2.75, 3.05) is 5.32 Å². The first-order valence-electron chi connectivity index (χ1n) is 5.89. The van der Waals surface area contributed by atoms with Crippen molar-refractivity contribution in [3.63, 3.8) is 0 Å². The molecule has 0 saturated carbocycles. The summed E-state index contributed by atoms with van der Waals surface area (Å²) in [6.07, 6.45) is 0. The van der Waals surface area contributed by atoms with Gasteiger partial charge in [0.2, 0.25) is 0 Å². The zero-order valence-electron chi connectivity index (χ0n) is 10.6. The zero-order chi connectivity index (χ0) is 12.3. The van der Waals surface area contributed by atoms with Crippen molar-refractivity contribution in [3.05, 3.63) is 60.2 Å². The van der Waals surface area contributed by atoms with Gasteiger partial charge in [-0.15, -0.1) is 0 Å². The Morgan fingerprint density at radius 3 is 1.88 bits per heavy atom.